The summed E-state index contributed by atoms with van der Waals surface area (Å²) < 4.78 is 0. The van der Waals surface area contributed by atoms with Gasteiger partial charge >= 0.3 is 0 Å². The molecule has 0 aliphatic rings. The molecule has 0 aliphatic carbocycles. The van der Waals surface area contributed by atoms with Crippen LogP contribution in [0.5, 0.6) is 0 Å². The Morgan fingerprint density at radius 3 is 2.57 bits per heavy atom. The molecule has 1 heterocycles. The standard InChI is InChI=1S/C16H21ClN4/c1-5-18-15-11(2)16(20-12(3)19-15)21(4)10-13-8-6-7-9-14(13)17/h6-9H,5,10H2,1-4H3,(H,18,19,20). The molecular formula is C16H21ClN4. The average Bonchev–Trinajstić information content (AvgIpc) is 2.45. The number of anilines is 2. The number of nitrogens with one attached hydrogen (secondary N) is 1. The van der Waals surface area contributed by atoms with Crippen molar-refractivity contribution < 1.29 is 0 Å². The van der Waals surface area contributed by atoms with Gasteiger partial charge in [0.2, 0.25) is 0 Å². The van der Waals surface area contributed by atoms with Crippen LogP contribution in [0.25, 0.3) is 0 Å². The van der Waals surface area contributed by atoms with E-state index in [-0.39, 0.29) is 0 Å². The molecule has 0 fully saturated rings. The Hall–Kier alpha value is -1.81. The Bertz CT molecular complexity index is 628. The van der Waals surface area contributed by atoms with Crippen LogP contribution >= 0.6 is 11.6 Å². The molecule has 1 aromatic carbocycles. The minimum atomic E-state index is 0.711. The van der Waals surface area contributed by atoms with Gasteiger partial charge in [-0.25, -0.2) is 9.97 Å². The molecule has 0 saturated heterocycles. The molecule has 0 saturated carbocycles. The van der Waals surface area contributed by atoms with E-state index in [1.54, 1.807) is 0 Å². The van der Waals surface area contributed by atoms with Gasteiger partial charge in [-0.15, -0.1) is 0 Å². The van der Waals surface area contributed by atoms with Crippen LogP contribution in [-0.4, -0.2) is 23.6 Å². The van der Waals surface area contributed by atoms with Gasteiger partial charge in [0.1, 0.15) is 17.5 Å². The van der Waals surface area contributed by atoms with E-state index in [1.807, 2.05) is 45.2 Å². The molecule has 0 radical (unpaired) electrons. The third-order valence-electron chi connectivity index (χ3n) is 3.30. The summed E-state index contributed by atoms with van der Waals surface area (Å²) in [6.07, 6.45) is 0. The van der Waals surface area contributed by atoms with Crippen LogP contribution < -0.4 is 10.2 Å². The predicted octanol–water partition coefficient (Wildman–Crippen LogP) is 3.82. The molecule has 0 amide bonds. The fraction of sp³-hybridized carbons (Fsp3) is 0.375. The van der Waals surface area contributed by atoms with Crippen LogP contribution in [0.15, 0.2) is 24.3 Å². The minimum absolute atomic E-state index is 0.711. The van der Waals surface area contributed by atoms with Crippen LogP contribution in [0.4, 0.5) is 11.6 Å². The molecule has 0 unspecified atom stereocenters. The minimum Gasteiger partial charge on any atom is -0.370 e. The lowest BCUT2D eigenvalue weighted by molar-refractivity contribution is 0.869. The fourth-order valence-corrected chi connectivity index (χ4v) is 2.48. The van der Waals surface area contributed by atoms with Gasteiger partial charge in [-0.3, -0.25) is 0 Å². The van der Waals surface area contributed by atoms with Crippen LogP contribution in [0, 0.1) is 13.8 Å². The SMILES string of the molecule is CCNc1nc(C)nc(N(C)Cc2ccccc2Cl)c1C. The van der Waals surface area contributed by atoms with Gasteiger partial charge in [0.25, 0.3) is 0 Å². The summed E-state index contributed by atoms with van der Waals surface area (Å²) in [5, 5.41) is 4.06. The number of benzene rings is 1. The summed E-state index contributed by atoms with van der Waals surface area (Å²) in [6, 6.07) is 7.88. The van der Waals surface area contributed by atoms with Crippen molar-refractivity contribution in [3.63, 3.8) is 0 Å². The summed E-state index contributed by atoms with van der Waals surface area (Å²) in [6.45, 7) is 7.56. The number of hydrogen-bond donors (Lipinski definition) is 1. The summed E-state index contributed by atoms with van der Waals surface area (Å²) >= 11 is 6.24. The van der Waals surface area contributed by atoms with E-state index in [0.29, 0.717) is 6.54 Å². The quantitative estimate of drug-likeness (QED) is 0.912. The maximum Gasteiger partial charge on any atom is 0.137 e. The molecule has 1 aromatic heterocycles. The van der Waals surface area contributed by atoms with E-state index in [1.165, 1.54) is 0 Å². The third-order valence-corrected chi connectivity index (χ3v) is 3.67. The first-order valence-corrected chi connectivity index (χ1v) is 7.44. The molecule has 5 heteroatoms. The molecule has 0 spiro atoms. The molecule has 112 valence electrons. The maximum absolute atomic E-state index is 6.24. The first-order valence-electron chi connectivity index (χ1n) is 7.06. The topological polar surface area (TPSA) is 41.1 Å². The van der Waals surface area contributed by atoms with Crippen LogP contribution in [0.3, 0.4) is 0 Å². The second-order valence-corrected chi connectivity index (χ2v) is 5.45. The summed E-state index contributed by atoms with van der Waals surface area (Å²) in [7, 11) is 2.02. The maximum atomic E-state index is 6.24. The number of aryl methyl sites for hydroxylation is 1. The van der Waals surface area contributed by atoms with Gasteiger partial charge < -0.3 is 10.2 Å². The number of rotatable bonds is 5. The second-order valence-electron chi connectivity index (χ2n) is 5.05. The number of aromatic nitrogens is 2. The number of nitrogens with zero attached hydrogens (tertiary/aromatic N) is 3. The van der Waals surface area contributed by atoms with E-state index in [4.69, 9.17) is 11.6 Å². The first kappa shape index (κ1) is 15.6. The Morgan fingerprint density at radius 1 is 1.19 bits per heavy atom. The van der Waals surface area contributed by atoms with Crippen molar-refractivity contribution in [3.05, 3.63) is 46.2 Å². The lowest BCUT2D eigenvalue weighted by Gasteiger charge is -2.22. The molecule has 1 N–H and O–H groups in total. The molecule has 2 aromatic rings. The highest BCUT2D eigenvalue weighted by atomic mass is 35.5. The van der Waals surface area contributed by atoms with Gasteiger partial charge in [0.05, 0.1) is 0 Å². The summed E-state index contributed by atoms with van der Waals surface area (Å²) in [4.78, 5) is 11.1. The number of halogens is 1. The van der Waals surface area contributed by atoms with Crippen molar-refractivity contribution in [2.24, 2.45) is 0 Å². The zero-order chi connectivity index (χ0) is 15.4. The Labute approximate surface area is 131 Å². The Morgan fingerprint density at radius 2 is 1.90 bits per heavy atom. The molecular weight excluding hydrogens is 284 g/mol. The zero-order valence-corrected chi connectivity index (χ0v) is 13.7. The van der Waals surface area contributed by atoms with Crippen LogP contribution in [0.2, 0.25) is 5.02 Å². The predicted molar refractivity (Wildman–Crippen MR) is 89.2 cm³/mol. The molecule has 0 aliphatic heterocycles. The molecule has 4 nitrogen and oxygen atoms in total. The average molecular weight is 305 g/mol. The van der Waals surface area contributed by atoms with Gasteiger partial charge in [-0.1, -0.05) is 29.8 Å². The lowest BCUT2D eigenvalue weighted by Crippen LogP contribution is -2.21. The smallest absolute Gasteiger partial charge is 0.137 e. The Kier molecular flexibility index (Phi) is 5.02. The van der Waals surface area contributed by atoms with Crippen LogP contribution in [-0.2, 0) is 6.54 Å². The molecule has 2 rings (SSSR count). The van der Waals surface area contributed by atoms with Gasteiger partial charge in [-0.05, 0) is 32.4 Å². The molecule has 21 heavy (non-hydrogen) atoms. The largest absolute Gasteiger partial charge is 0.370 e. The normalized spacial score (nSPS) is 10.5. The van der Waals surface area contributed by atoms with Gasteiger partial charge in [-0.2, -0.15) is 0 Å². The number of hydrogen-bond acceptors (Lipinski definition) is 4. The van der Waals surface area contributed by atoms with Crippen molar-refractivity contribution in [1.82, 2.24) is 9.97 Å². The van der Waals surface area contributed by atoms with Gasteiger partial charge in [0.15, 0.2) is 0 Å². The fourth-order valence-electron chi connectivity index (χ4n) is 2.28. The highest BCUT2D eigenvalue weighted by Crippen LogP contribution is 2.25. The van der Waals surface area contributed by atoms with Crippen molar-refractivity contribution in [1.29, 1.82) is 0 Å². The molecule has 0 atom stereocenters. The van der Waals surface area contributed by atoms with Crippen molar-refractivity contribution >= 4 is 23.2 Å². The highest BCUT2D eigenvalue weighted by Gasteiger charge is 2.13. The summed E-state index contributed by atoms with van der Waals surface area (Å²) in [5.41, 5.74) is 2.14. The molecule has 0 bridgehead atoms. The van der Waals surface area contributed by atoms with E-state index >= 15 is 0 Å². The third kappa shape index (κ3) is 3.64. The van der Waals surface area contributed by atoms with Crippen molar-refractivity contribution in [2.75, 3.05) is 23.8 Å². The van der Waals surface area contributed by atoms with Crippen LogP contribution in [0.1, 0.15) is 23.9 Å². The van der Waals surface area contributed by atoms with E-state index in [0.717, 1.165) is 40.2 Å². The van der Waals surface area contributed by atoms with E-state index < -0.39 is 0 Å². The Balaban J connectivity index is 2.31. The first-order chi connectivity index (χ1) is 10.0. The summed E-state index contributed by atoms with van der Waals surface area (Å²) in [5.74, 6) is 2.59. The van der Waals surface area contributed by atoms with E-state index in [2.05, 4.69) is 27.1 Å². The van der Waals surface area contributed by atoms with Crippen molar-refractivity contribution in [2.45, 2.75) is 27.3 Å². The second kappa shape index (κ2) is 6.76. The van der Waals surface area contributed by atoms with Crippen molar-refractivity contribution in [3.8, 4) is 0 Å². The lowest BCUT2D eigenvalue weighted by atomic mass is 10.2. The van der Waals surface area contributed by atoms with E-state index in [9.17, 15) is 0 Å². The van der Waals surface area contributed by atoms with Gasteiger partial charge in [0, 0.05) is 30.7 Å². The zero-order valence-electron chi connectivity index (χ0n) is 12.9. The monoisotopic (exact) mass is 304 g/mol. The highest BCUT2D eigenvalue weighted by molar-refractivity contribution is 6.31.